The van der Waals surface area contributed by atoms with Gasteiger partial charge in [-0.2, -0.15) is 0 Å². The standard InChI is InChI=1S/C14H15N3O/c1-11-4-2-3-5-12(11)14(18)17-9-8-16-7-6-15-13(16)10-17/h2-7H,8-10H2,1H3. The Hall–Kier alpha value is -2.10. The summed E-state index contributed by atoms with van der Waals surface area (Å²) in [4.78, 5) is 18.6. The molecule has 0 bridgehead atoms. The summed E-state index contributed by atoms with van der Waals surface area (Å²) in [7, 11) is 0. The Morgan fingerprint density at radius 1 is 1.28 bits per heavy atom. The number of hydrogen-bond acceptors (Lipinski definition) is 2. The van der Waals surface area contributed by atoms with Crippen LogP contribution in [0.5, 0.6) is 0 Å². The number of fused-ring (bicyclic) bond motifs is 1. The lowest BCUT2D eigenvalue weighted by Gasteiger charge is -2.28. The maximum absolute atomic E-state index is 12.4. The van der Waals surface area contributed by atoms with Crippen molar-refractivity contribution >= 4 is 5.91 Å². The average molecular weight is 241 g/mol. The van der Waals surface area contributed by atoms with Gasteiger partial charge >= 0.3 is 0 Å². The smallest absolute Gasteiger partial charge is 0.254 e. The first-order chi connectivity index (χ1) is 8.75. The molecule has 0 fully saturated rings. The Balaban J connectivity index is 1.85. The fourth-order valence-electron chi connectivity index (χ4n) is 2.33. The van der Waals surface area contributed by atoms with Crippen LogP contribution in [0.2, 0.25) is 0 Å². The summed E-state index contributed by atoms with van der Waals surface area (Å²) in [6.45, 7) is 4.14. The van der Waals surface area contributed by atoms with Crippen molar-refractivity contribution in [2.75, 3.05) is 6.54 Å². The number of amides is 1. The zero-order valence-corrected chi connectivity index (χ0v) is 10.3. The zero-order valence-electron chi connectivity index (χ0n) is 10.3. The second-order valence-corrected chi connectivity index (χ2v) is 4.58. The monoisotopic (exact) mass is 241 g/mol. The highest BCUT2D eigenvalue weighted by Crippen LogP contribution is 2.16. The molecule has 1 aliphatic rings. The first-order valence-corrected chi connectivity index (χ1v) is 6.10. The summed E-state index contributed by atoms with van der Waals surface area (Å²) in [6, 6.07) is 7.72. The molecule has 0 radical (unpaired) electrons. The molecule has 0 unspecified atom stereocenters. The number of imidazole rings is 1. The van der Waals surface area contributed by atoms with Gasteiger partial charge in [-0.25, -0.2) is 4.98 Å². The fraction of sp³-hybridized carbons (Fsp3) is 0.286. The van der Waals surface area contributed by atoms with Gasteiger partial charge in [0, 0.05) is 31.0 Å². The Morgan fingerprint density at radius 2 is 2.11 bits per heavy atom. The molecule has 1 aromatic heterocycles. The van der Waals surface area contributed by atoms with Gasteiger partial charge in [0.1, 0.15) is 5.82 Å². The molecular weight excluding hydrogens is 226 g/mol. The predicted molar refractivity (Wildman–Crippen MR) is 68.1 cm³/mol. The van der Waals surface area contributed by atoms with Crippen molar-refractivity contribution in [2.24, 2.45) is 0 Å². The number of aryl methyl sites for hydroxylation is 1. The van der Waals surface area contributed by atoms with Crippen LogP contribution >= 0.6 is 0 Å². The van der Waals surface area contributed by atoms with Gasteiger partial charge in [-0.1, -0.05) is 18.2 Å². The maximum Gasteiger partial charge on any atom is 0.254 e. The van der Waals surface area contributed by atoms with Crippen molar-refractivity contribution < 1.29 is 4.79 Å². The molecule has 4 heteroatoms. The summed E-state index contributed by atoms with van der Waals surface area (Å²) in [5, 5.41) is 0. The summed E-state index contributed by atoms with van der Waals surface area (Å²) >= 11 is 0. The summed E-state index contributed by atoms with van der Waals surface area (Å²) in [6.07, 6.45) is 3.75. The normalized spacial score (nSPS) is 14.4. The van der Waals surface area contributed by atoms with E-state index in [1.54, 1.807) is 6.20 Å². The van der Waals surface area contributed by atoms with Gasteiger partial charge in [-0.05, 0) is 18.6 Å². The number of nitrogens with zero attached hydrogens (tertiary/aromatic N) is 3. The summed E-state index contributed by atoms with van der Waals surface area (Å²) in [5.74, 6) is 1.06. The van der Waals surface area contributed by atoms with Crippen LogP contribution in [0.1, 0.15) is 21.7 Å². The number of rotatable bonds is 1. The van der Waals surface area contributed by atoms with Crippen LogP contribution in [-0.4, -0.2) is 26.9 Å². The van der Waals surface area contributed by atoms with Crippen LogP contribution in [0.3, 0.4) is 0 Å². The van der Waals surface area contributed by atoms with Crippen molar-refractivity contribution in [1.82, 2.24) is 14.5 Å². The van der Waals surface area contributed by atoms with Gasteiger partial charge in [0.2, 0.25) is 0 Å². The van der Waals surface area contributed by atoms with Gasteiger partial charge in [-0.3, -0.25) is 4.79 Å². The minimum absolute atomic E-state index is 0.0994. The molecule has 0 saturated heterocycles. The Bertz CT molecular complexity index is 588. The van der Waals surface area contributed by atoms with E-state index in [9.17, 15) is 4.79 Å². The second kappa shape index (κ2) is 4.29. The van der Waals surface area contributed by atoms with E-state index in [0.29, 0.717) is 6.54 Å². The molecule has 0 saturated carbocycles. The molecule has 2 aromatic rings. The van der Waals surface area contributed by atoms with Crippen LogP contribution in [0, 0.1) is 6.92 Å². The van der Waals surface area contributed by atoms with E-state index in [2.05, 4.69) is 9.55 Å². The predicted octanol–water partition coefficient (Wildman–Crippen LogP) is 1.85. The van der Waals surface area contributed by atoms with E-state index in [1.807, 2.05) is 42.3 Å². The van der Waals surface area contributed by atoms with Crippen molar-refractivity contribution in [3.8, 4) is 0 Å². The summed E-state index contributed by atoms with van der Waals surface area (Å²) < 4.78 is 2.10. The van der Waals surface area contributed by atoms with Crippen molar-refractivity contribution in [2.45, 2.75) is 20.0 Å². The van der Waals surface area contributed by atoms with Crippen LogP contribution in [-0.2, 0) is 13.1 Å². The molecule has 1 amide bonds. The number of aromatic nitrogens is 2. The van der Waals surface area contributed by atoms with Gasteiger partial charge in [0.05, 0.1) is 6.54 Å². The number of benzene rings is 1. The van der Waals surface area contributed by atoms with Crippen molar-refractivity contribution in [3.63, 3.8) is 0 Å². The quantitative estimate of drug-likeness (QED) is 0.764. The largest absolute Gasteiger partial charge is 0.332 e. The highest BCUT2D eigenvalue weighted by molar-refractivity contribution is 5.95. The molecular formula is C14H15N3O. The molecule has 0 aliphatic carbocycles. The minimum atomic E-state index is 0.0994. The molecule has 1 aliphatic heterocycles. The molecule has 0 N–H and O–H groups in total. The lowest BCUT2D eigenvalue weighted by atomic mass is 10.1. The average Bonchev–Trinajstić information content (AvgIpc) is 2.85. The van der Waals surface area contributed by atoms with E-state index < -0.39 is 0 Å². The van der Waals surface area contributed by atoms with Crippen molar-refractivity contribution in [3.05, 3.63) is 53.6 Å². The Kier molecular flexibility index (Phi) is 2.63. The fourth-order valence-corrected chi connectivity index (χ4v) is 2.33. The number of hydrogen-bond donors (Lipinski definition) is 0. The maximum atomic E-state index is 12.4. The minimum Gasteiger partial charge on any atom is -0.332 e. The molecule has 1 aromatic carbocycles. The summed E-state index contributed by atoms with van der Waals surface area (Å²) in [5.41, 5.74) is 1.81. The Labute approximate surface area is 106 Å². The highest BCUT2D eigenvalue weighted by Gasteiger charge is 2.22. The van der Waals surface area contributed by atoms with Gasteiger partial charge in [-0.15, -0.1) is 0 Å². The molecule has 0 atom stereocenters. The van der Waals surface area contributed by atoms with Crippen LogP contribution in [0.4, 0.5) is 0 Å². The van der Waals surface area contributed by atoms with E-state index in [0.717, 1.165) is 30.0 Å². The first kappa shape index (κ1) is 11.0. The lowest BCUT2D eigenvalue weighted by Crippen LogP contribution is -2.38. The first-order valence-electron chi connectivity index (χ1n) is 6.10. The zero-order chi connectivity index (χ0) is 12.5. The van der Waals surface area contributed by atoms with E-state index in [-0.39, 0.29) is 5.91 Å². The van der Waals surface area contributed by atoms with Gasteiger partial charge in [0.15, 0.2) is 0 Å². The third kappa shape index (κ3) is 1.79. The second-order valence-electron chi connectivity index (χ2n) is 4.58. The number of carbonyl (C=O) groups excluding carboxylic acids is 1. The van der Waals surface area contributed by atoms with Gasteiger partial charge < -0.3 is 9.47 Å². The molecule has 3 rings (SSSR count). The molecule has 0 spiro atoms. The van der Waals surface area contributed by atoms with E-state index in [1.165, 1.54) is 0 Å². The lowest BCUT2D eigenvalue weighted by molar-refractivity contribution is 0.0707. The van der Waals surface area contributed by atoms with Crippen molar-refractivity contribution in [1.29, 1.82) is 0 Å². The van der Waals surface area contributed by atoms with Crippen LogP contribution in [0.25, 0.3) is 0 Å². The molecule has 92 valence electrons. The van der Waals surface area contributed by atoms with Crippen LogP contribution < -0.4 is 0 Å². The SMILES string of the molecule is Cc1ccccc1C(=O)N1CCn2ccnc2C1. The number of carbonyl (C=O) groups is 1. The van der Waals surface area contributed by atoms with E-state index in [4.69, 9.17) is 0 Å². The molecule has 2 heterocycles. The Morgan fingerprint density at radius 3 is 2.94 bits per heavy atom. The highest BCUT2D eigenvalue weighted by atomic mass is 16.2. The molecule has 18 heavy (non-hydrogen) atoms. The third-order valence-corrected chi connectivity index (χ3v) is 3.41. The topological polar surface area (TPSA) is 38.1 Å². The third-order valence-electron chi connectivity index (χ3n) is 3.41. The van der Waals surface area contributed by atoms with E-state index >= 15 is 0 Å². The molecule has 4 nitrogen and oxygen atoms in total. The van der Waals surface area contributed by atoms with Crippen LogP contribution in [0.15, 0.2) is 36.7 Å². The van der Waals surface area contributed by atoms with Gasteiger partial charge in [0.25, 0.3) is 5.91 Å².